The van der Waals surface area contributed by atoms with E-state index in [9.17, 15) is 28.0 Å². The number of likely N-dealkylation sites (tertiary alicyclic amines) is 2. The van der Waals surface area contributed by atoms with Crippen molar-refractivity contribution in [1.29, 1.82) is 0 Å². The van der Waals surface area contributed by atoms with Crippen molar-refractivity contribution in [2.24, 2.45) is 11.8 Å². The lowest BCUT2D eigenvalue weighted by atomic mass is 10.0. The molecule has 17 nitrogen and oxygen atoms in total. The first-order valence-electron chi connectivity index (χ1n) is 25.0. The molecule has 7 heterocycles. The largest absolute Gasteiger partial charge is 0.453 e. The number of hydrogen-bond acceptors (Lipinski definition) is 10. The van der Waals surface area contributed by atoms with Crippen molar-refractivity contribution in [3.05, 3.63) is 103 Å². The van der Waals surface area contributed by atoms with Gasteiger partial charge in [-0.15, -0.1) is 0 Å². The van der Waals surface area contributed by atoms with Gasteiger partial charge in [-0.05, 0) is 84.0 Å². The Morgan fingerprint density at radius 1 is 0.603 bits per heavy atom. The van der Waals surface area contributed by atoms with Crippen LogP contribution in [0.1, 0.15) is 90.0 Å². The minimum Gasteiger partial charge on any atom is -0.453 e. The molecule has 4 unspecified atom stereocenters. The third-order valence-electron chi connectivity index (χ3n) is 14.4. The summed E-state index contributed by atoms with van der Waals surface area (Å²) in [4.78, 5) is 78.4. The molecule has 4 N–H and O–H groups in total. The smallest absolute Gasteiger partial charge is 0.407 e. The maximum Gasteiger partial charge on any atom is 0.407 e. The summed E-state index contributed by atoms with van der Waals surface area (Å²) < 4.78 is 39.9. The van der Waals surface area contributed by atoms with E-state index in [0.717, 1.165) is 76.4 Å². The normalized spacial score (nSPS) is 18.5. The summed E-state index contributed by atoms with van der Waals surface area (Å²) in [6.45, 7) is 9.10. The highest BCUT2D eigenvalue weighted by Gasteiger charge is 2.39. The maximum absolute atomic E-state index is 14.1. The molecule has 3 fully saturated rings. The van der Waals surface area contributed by atoms with Crippen LogP contribution in [-0.4, -0.2) is 122 Å². The number of amides is 4. The zero-order chi connectivity index (χ0) is 51.6. The predicted molar refractivity (Wildman–Crippen MR) is 272 cm³/mol. The second-order valence-electron chi connectivity index (χ2n) is 19.8. The van der Waals surface area contributed by atoms with Crippen molar-refractivity contribution in [2.45, 2.75) is 96.3 Å². The van der Waals surface area contributed by atoms with Crippen LogP contribution in [0.15, 0.2) is 91.4 Å². The Balaban J connectivity index is 0.973. The molecular weight excluding hydrogens is 937 g/mol. The quantitative estimate of drug-likeness (QED) is 0.0817. The van der Waals surface area contributed by atoms with E-state index in [4.69, 9.17) is 24.4 Å². The van der Waals surface area contributed by atoms with E-state index in [1.807, 2.05) is 69.0 Å². The van der Waals surface area contributed by atoms with Crippen molar-refractivity contribution >= 4 is 29.8 Å². The fourth-order valence-electron chi connectivity index (χ4n) is 10.3. The number of piperidine rings is 1. The summed E-state index contributed by atoms with van der Waals surface area (Å²) in [5.41, 5.74) is 7.87. The molecule has 4 aromatic heterocycles. The average Bonchev–Trinajstić information content (AvgIpc) is 4.27. The lowest BCUT2D eigenvalue weighted by Crippen LogP contribution is -2.51. The summed E-state index contributed by atoms with van der Waals surface area (Å²) in [6, 6.07) is 22.3. The van der Waals surface area contributed by atoms with Crippen LogP contribution in [0.2, 0.25) is 0 Å². The van der Waals surface area contributed by atoms with Gasteiger partial charge in [0.15, 0.2) is 0 Å². The van der Waals surface area contributed by atoms with Gasteiger partial charge in [0.2, 0.25) is 11.8 Å². The van der Waals surface area contributed by atoms with Crippen molar-refractivity contribution < 1.29 is 37.4 Å². The van der Waals surface area contributed by atoms with Crippen molar-refractivity contribution in [1.82, 2.24) is 49.9 Å². The molecule has 3 aliphatic heterocycles. The second-order valence-corrected chi connectivity index (χ2v) is 19.8. The van der Waals surface area contributed by atoms with Gasteiger partial charge in [0.25, 0.3) is 5.92 Å². The molecule has 0 spiro atoms. The number of methoxy groups -OCH3 is 2. The summed E-state index contributed by atoms with van der Waals surface area (Å²) >= 11 is 0. The Hall–Kier alpha value is -7.57. The van der Waals surface area contributed by atoms with Crippen molar-refractivity contribution in [3.63, 3.8) is 0 Å². The minimum atomic E-state index is -2.67. The Morgan fingerprint density at radius 3 is 1.44 bits per heavy atom. The predicted octanol–water partition coefficient (Wildman–Crippen LogP) is 9.31. The van der Waals surface area contributed by atoms with Gasteiger partial charge in [0.1, 0.15) is 29.6 Å². The number of rotatable bonds is 14. The Kier molecular flexibility index (Phi) is 14.7. The number of anilines is 1. The monoisotopic (exact) mass is 999 g/mol. The molecule has 0 saturated carbocycles. The van der Waals surface area contributed by atoms with E-state index in [-0.39, 0.29) is 61.7 Å². The number of ether oxygens (including phenoxy) is 2. The number of nitrogens with one attached hydrogen (secondary N) is 4. The molecule has 0 aliphatic carbocycles. The number of carbonyl (C=O) groups is 4. The van der Waals surface area contributed by atoms with Gasteiger partial charge in [-0.3, -0.25) is 9.59 Å². The number of halogens is 2. The van der Waals surface area contributed by atoms with Gasteiger partial charge in [-0.2, -0.15) is 0 Å². The zero-order valence-corrected chi connectivity index (χ0v) is 42.0. The van der Waals surface area contributed by atoms with Crippen LogP contribution in [0.5, 0.6) is 0 Å². The van der Waals surface area contributed by atoms with Gasteiger partial charge in [0.05, 0.1) is 73.4 Å². The Labute approximate surface area is 423 Å². The molecule has 4 amide bonds. The molecule has 9 rings (SSSR count). The number of imidazole rings is 2. The van der Waals surface area contributed by atoms with Gasteiger partial charge in [-0.1, -0.05) is 76.2 Å². The van der Waals surface area contributed by atoms with Crippen LogP contribution < -0.4 is 15.5 Å². The first kappa shape index (κ1) is 50.4. The van der Waals surface area contributed by atoms with E-state index in [1.54, 1.807) is 28.4 Å². The lowest BCUT2D eigenvalue weighted by Gasteiger charge is -2.32. The number of carbonyl (C=O) groups excluding carboxylic acids is 4. The average molecular weight is 1000 g/mol. The number of aromatic amines is 2. The topological polar surface area (TPSA) is 196 Å². The zero-order valence-electron chi connectivity index (χ0n) is 42.0. The van der Waals surface area contributed by atoms with Crippen molar-refractivity contribution in [3.8, 4) is 50.7 Å². The van der Waals surface area contributed by atoms with Gasteiger partial charge < -0.3 is 49.3 Å². The highest BCUT2D eigenvalue weighted by molar-refractivity contribution is 5.87. The number of aromatic nitrogens is 6. The number of alkyl carbamates (subject to hydrolysis) is 2. The molecular formula is C54H63F2N11O6. The highest BCUT2D eigenvalue weighted by atomic mass is 19.3. The first-order chi connectivity index (χ1) is 35.1. The number of benzene rings is 2. The molecule has 73 heavy (non-hydrogen) atoms. The van der Waals surface area contributed by atoms with Crippen molar-refractivity contribution in [2.75, 3.05) is 45.3 Å². The van der Waals surface area contributed by atoms with E-state index in [0.29, 0.717) is 30.6 Å². The van der Waals surface area contributed by atoms with E-state index in [1.165, 1.54) is 14.2 Å². The van der Waals surface area contributed by atoms with Crippen LogP contribution >= 0.6 is 0 Å². The molecule has 6 aromatic rings. The fraction of sp³-hybridized carbons (Fsp3) is 0.426. The fourth-order valence-corrected chi connectivity index (χ4v) is 10.3. The molecule has 384 valence electrons. The van der Waals surface area contributed by atoms with Gasteiger partial charge >= 0.3 is 12.2 Å². The number of hydrogen-bond donors (Lipinski definition) is 4. The molecule has 19 heteroatoms. The molecule has 3 aliphatic rings. The molecule has 3 saturated heterocycles. The van der Waals surface area contributed by atoms with Crippen LogP contribution in [-0.2, 0) is 19.1 Å². The highest BCUT2D eigenvalue weighted by Crippen LogP contribution is 2.38. The van der Waals surface area contributed by atoms with E-state index < -0.39 is 30.2 Å². The van der Waals surface area contributed by atoms with Crippen LogP contribution in [0.25, 0.3) is 50.7 Å². The Bertz CT molecular complexity index is 2740. The maximum atomic E-state index is 14.1. The number of nitrogens with zero attached hydrogens (tertiary/aromatic N) is 7. The summed E-state index contributed by atoms with van der Waals surface area (Å²) in [7, 11) is 2.56. The standard InChI is InChI=1S/C54H63F2N11O6/c1-32(2)46(62-52(70)72-5)50(68)65-25-7-9-43(65)48-58-30-39(60-48)34-11-15-36(16-12-34)41-20-21-42(67(41)38-19-22-45(57-29-38)64-27-23-54(55,56)24-28-64)37-17-13-35(14-18-37)40-31-59-49(61-40)44-10-8-26-66(44)51(69)47(33(3)4)63-53(71)73-6/h11-22,29-33,43-44,46-47H,7-10,23-28H2,1-6H3,(H,58,60)(H,59,61)(H,62,70)(H,63,71). The molecule has 4 atom stereocenters. The van der Waals surface area contributed by atoms with Crippen LogP contribution in [0, 0.1) is 11.8 Å². The SMILES string of the molecule is COC(=O)NC(C(=O)N1CCCC1c1ncc(-c2ccc(-c3ccc(-c4ccc(-c5cnc(C6CCCN6C(=O)C(NC(=O)OC)C(C)C)[nH]5)cc4)n3-c3ccc(N4CCC(F)(F)CC4)nc3)cc2)[nH]1)C(C)C. The summed E-state index contributed by atoms with van der Waals surface area (Å²) in [5.74, 6) is -1.31. The Morgan fingerprint density at radius 2 is 1.04 bits per heavy atom. The molecule has 2 aromatic carbocycles. The van der Waals surface area contributed by atoms with Crippen LogP contribution in [0.4, 0.5) is 24.2 Å². The minimum absolute atomic E-state index is 0.147. The van der Waals surface area contributed by atoms with E-state index in [2.05, 4.69) is 61.6 Å². The molecule has 0 bridgehead atoms. The number of H-pyrrole nitrogens is 2. The third kappa shape index (κ3) is 10.7. The van der Waals surface area contributed by atoms with Crippen LogP contribution in [0.3, 0.4) is 0 Å². The van der Waals surface area contributed by atoms with Gasteiger partial charge in [0, 0.05) is 39.0 Å². The summed E-state index contributed by atoms with van der Waals surface area (Å²) in [5, 5.41) is 5.40. The number of pyridine rings is 1. The lowest BCUT2D eigenvalue weighted by molar-refractivity contribution is -0.136. The molecule has 0 radical (unpaired) electrons. The summed E-state index contributed by atoms with van der Waals surface area (Å²) in [6.07, 6.45) is 6.70. The number of alkyl halides is 2. The second kappa shape index (κ2) is 21.3. The van der Waals surface area contributed by atoms with Gasteiger partial charge in [-0.25, -0.2) is 33.3 Å². The third-order valence-corrected chi connectivity index (χ3v) is 14.4. The van der Waals surface area contributed by atoms with E-state index >= 15 is 0 Å². The first-order valence-corrected chi connectivity index (χ1v) is 25.0.